The number of esters is 2. The number of aryl methyl sites for hydroxylation is 2. The molecule has 0 saturated heterocycles. The van der Waals surface area contributed by atoms with E-state index in [4.69, 9.17) is 14.2 Å². The van der Waals surface area contributed by atoms with Gasteiger partial charge >= 0.3 is 11.9 Å². The van der Waals surface area contributed by atoms with Crippen LogP contribution in [0.15, 0.2) is 41.3 Å². The van der Waals surface area contributed by atoms with E-state index in [1.165, 1.54) is 33.4 Å². The minimum Gasteiger partial charge on any atom is -0.497 e. The maximum absolute atomic E-state index is 13.3. The monoisotopic (exact) mass is 477 g/mol. The van der Waals surface area contributed by atoms with E-state index in [-0.39, 0.29) is 28.5 Å². The summed E-state index contributed by atoms with van der Waals surface area (Å²) in [5.41, 5.74) is 0.955. The van der Waals surface area contributed by atoms with Crippen LogP contribution in [0.3, 0.4) is 0 Å². The Morgan fingerprint density at radius 1 is 1.03 bits per heavy atom. The lowest BCUT2D eigenvalue weighted by Gasteiger charge is -2.24. The van der Waals surface area contributed by atoms with Crippen LogP contribution in [0.4, 0.5) is 5.69 Å². The molecule has 0 saturated carbocycles. The molecule has 0 aromatic heterocycles. The molecular weight excluding hydrogens is 446 g/mol. The number of nitrogens with zero attached hydrogens (tertiary/aromatic N) is 1. The molecule has 0 fully saturated rings. The van der Waals surface area contributed by atoms with Gasteiger partial charge in [-0.2, -0.15) is 0 Å². The summed E-state index contributed by atoms with van der Waals surface area (Å²) in [6.07, 6.45) is 0.450. The van der Waals surface area contributed by atoms with Crippen LogP contribution in [0.5, 0.6) is 5.75 Å². The molecule has 0 amide bonds. The Labute approximate surface area is 195 Å². The van der Waals surface area contributed by atoms with E-state index < -0.39 is 21.6 Å². The van der Waals surface area contributed by atoms with Gasteiger partial charge in [-0.15, -0.1) is 0 Å². The van der Waals surface area contributed by atoms with E-state index in [9.17, 15) is 18.0 Å². The van der Waals surface area contributed by atoms with Crippen LogP contribution in [-0.2, 0) is 30.7 Å². The average Bonchev–Trinajstić information content (AvgIpc) is 2.75. The van der Waals surface area contributed by atoms with Crippen molar-refractivity contribution in [2.24, 2.45) is 0 Å². The van der Waals surface area contributed by atoms with Crippen molar-refractivity contribution < 1.29 is 32.2 Å². The maximum Gasteiger partial charge on any atom is 0.340 e. The van der Waals surface area contributed by atoms with Gasteiger partial charge in [0.1, 0.15) is 11.4 Å². The molecule has 180 valence electrons. The summed E-state index contributed by atoms with van der Waals surface area (Å²) in [6.45, 7) is 7.08. The molecule has 0 unspecified atom stereocenters. The molecule has 0 heterocycles. The molecule has 0 aliphatic heterocycles. The average molecular weight is 478 g/mol. The first-order valence-corrected chi connectivity index (χ1v) is 11.8. The van der Waals surface area contributed by atoms with Gasteiger partial charge in [0.25, 0.3) is 10.0 Å². The van der Waals surface area contributed by atoms with Gasteiger partial charge in [0.2, 0.25) is 0 Å². The number of hydrogen-bond donors (Lipinski definition) is 0. The normalized spacial score (nSPS) is 11.6. The highest BCUT2D eigenvalue weighted by Crippen LogP contribution is 2.32. The molecule has 0 aliphatic carbocycles. The van der Waals surface area contributed by atoms with Crippen molar-refractivity contribution in [2.45, 2.75) is 51.0 Å². The molecule has 9 heteroatoms. The number of hydrogen-bond acceptors (Lipinski definition) is 7. The van der Waals surface area contributed by atoms with Gasteiger partial charge in [-0.25, -0.2) is 13.2 Å². The van der Waals surface area contributed by atoms with E-state index in [2.05, 4.69) is 0 Å². The molecule has 0 spiro atoms. The highest BCUT2D eigenvalue weighted by atomic mass is 32.2. The van der Waals surface area contributed by atoms with Crippen molar-refractivity contribution in [3.05, 3.63) is 53.1 Å². The van der Waals surface area contributed by atoms with Crippen molar-refractivity contribution in [3.63, 3.8) is 0 Å². The molecule has 0 N–H and O–H groups in total. The van der Waals surface area contributed by atoms with Crippen LogP contribution < -0.4 is 9.04 Å². The standard InChI is InChI=1S/C24H31NO7S/c1-16-14-17(8-13-21(26)32-24(2,3)4)15-20(23(27)31-7)22(16)25(5)33(28,29)19-11-9-18(30-6)10-12-19/h9-12,14-15H,8,13H2,1-7H3. The van der Waals surface area contributed by atoms with Crippen molar-refractivity contribution in [3.8, 4) is 5.75 Å². The first kappa shape index (κ1) is 26.2. The van der Waals surface area contributed by atoms with Crippen LogP contribution in [-0.4, -0.2) is 47.2 Å². The lowest BCUT2D eigenvalue weighted by molar-refractivity contribution is -0.154. The van der Waals surface area contributed by atoms with Crippen molar-refractivity contribution in [1.29, 1.82) is 0 Å². The topological polar surface area (TPSA) is 99.2 Å². The van der Waals surface area contributed by atoms with Crippen LogP contribution >= 0.6 is 0 Å². The minimum atomic E-state index is -3.97. The number of methoxy groups -OCH3 is 2. The number of benzene rings is 2. The quantitative estimate of drug-likeness (QED) is 0.532. The van der Waals surface area contributed by atoms with E-state index in [0.29, 0.717) is 23.3 Å². The molecule has 2 rings (SSSR count). The largest absolute Gasteiger partial charge is 0.497 e. The third-order valence-electron chi connectivity index (χ3n) is 4.84. The Bertz CT molecular complexity index is 1120. The second-order valence-corrected chi connectivity index (χ2v) is 10.5. The van der Waals surface area contributed by atoms with Crippen molar-refractivity contribution in [1.82, 2.24) is 0 Å². The highest BCUT2D eigenvalue weighted by Gasteiger charge is 2.28. The van der Waals surface area contributed by atoms with Crippen LogP contribution in [0.25, 0.3) is 0 Å². The van der Waals surface area contributed by atoms with Gasteiger partial charge in [-0.1, -0.05) is 6.07 Å². The summed E-state index contributed by atoms with van der Waals surface area (Å²) in [6, 6.07) is 9.29. The Morgan fingerprint density at radius 3 is 2.15 bits per heavy atom. The zero-order valence-corrected chi connectivity index (χ0v) is 20.9. The summed E-state index contributed by atoms with van der Waals surface area (Å²) >= 11 is 0. The predicted molar refractivity (Wildman–Crippen MR) is 125 cm³/mol. The maximum atomic E-state index is 13.3. The Balaban J connectivity index is 2.43. The zero-order chi connectivity index (χ0) is 25.0. The Morgan fingerprint density at radius 2 is 1.64 bits per heavy atom. The second kappa shape index (κ2) is 10.2. The SMILES string of the molecule is COC(=O)c1cc(CCC(=O)OC(C)(C)C)cc(C)c1N(C)S(=O)(=O)c1ccc(OC)cc1. The van der Waals surface area contributed by atoms with Crippen LogP contribution in [0.1, 0.15) is 48.7 Å². The third kappa shape index (κ3) is 6.47. The smallest absolute Gasteiger partial charge is 0.340 e. The van der Waals surface area contributed by atoms with Crippen molar-refractivity contribution in [2.75, 3.05) is 25.6 Å². The zero-order valence-electron chi connectivity index (χ0n) is 20.1. The van der Waals surface area contributed by atoms with Gasteiger partial charge < -0.3 is 14.2 Å². The number of ether oxygens (including phenoxy) is 3. The van der Waals surface area contributed by atoms with E-state index in [0.717, 1.165) is 4.31 Å². The van der Waals surface area contributed by atoms with Gasteiger partial charge in [0.05, 0.1) is 30.4 Å². The lowest BCUT2D eigenvalue weighted by atomic mass is 10.00. The Kier molecular flexibility index (Phi) is 8.13. The Hall–Kier alpha value is -3.07. The third-order valence-corrected chi connectivity index (χ3v) is 6.61. The predicted octanol–water partition coefficient (Wildman–Crippen LogP) is 3.89. The van der Waals surface area contributed by atoms with Crippen LogP contribution in [0.2, 0.25) is 0 Å². The first-order chi connectivity index (χ1) is 15.3. The second-order valence-electron chi connectivity index (χ2n) is 8.53. The van der Waals surface area contributed by atoms with Gasteiger partial charge in [0.15, 0.2) is 0 Å². The number of sulfonamides is 1. The molecule has 33 heavy (non-hydrogen) atoms. The summed E-state index contributed by atoms with van der Waals surface area (Å²) in [4.78, 5) is 24.7. The summed E-state index contributed by atoms with van der Waals surface area (Å²) in [7, 11) is 0.138. The number of rotatable bonds is 8. The van der Waals surface area contributed by atoms with E-state index in [1.807, 2.05) is 0 Å². The van der Waals surface area contributed by atoms with Gasteiger partial charge in [-0.05, 0) is 75.6 Å². The van der Waals surface area contributed by atoms with Crippen LogP contribution in [0, 0.1) is 6.92 Å². The summed E-state index contributed by atoms with van der Waals surface area (Å²) < 4.78 is 42.9. The molecule has 0 aliphatic rings. The molecular formula is C24H31NO7S. The molecule has 0 radical (unpaired) electrons. The summed E-state index contributed by atoms with van der Waals surface area (Å²) in [5, 5.41) is 0. The number of anilines is 1. The van der Waals surface area contributed by atoms with Crippen molar-refractivity contribution >= 4 is 27.6 Å². The van der Waals surface area contributed by atoms with E-state index >= 15 is 0 Å². The van der Waals surface area contributed by atoms with E-state index in [1.54, 1.807) is 52.0 Å². The fourth-order valence-electron chi connectivity index (χ4n) is 3.35. The number of carbonyl (C=O) groups excluding carboxylic acids is 2. The summed E-state index contributed by atoms with van der Waals surface area (Å²) in [5.74, 6) is -0.510. The highest BCUT2D eigenvalue weighted by molar-refractivity contribution is 7.92. The fourth-order valence-corrected chi connectivity index (χ4v) is 4.63. The number of carbonyl (C=O) groups is 2. The molecule has 2 aromatic carbocycles. The molecule has 8 nitrogen and oxygen atoms in total. The first-order valence-electron chi connectivity index (χ1n) is 10.4. The fraction of sp³-hybridized carbons (Fsp3) is 0.417. The lowest BCUT2D eigenvalue weighted by Crippen LogP contribution is -2.29. The molecule has 0 bridgehead atoms. The molecule has 2 aromatic rings. The van der Waals surface area contributed by atoms with Gasteiger partial charge in [-0.3, -0.25) is 9.10 Å². The molecule has 0 atom stereocenters. The van der Waals surface area contributed by atoms with Gasteiger partial charge in [0, 0.05) is 13.5 Å². The minimum absolute atomic E-state index is 0.0509.